The maximum atomic E-state index is 3.72. The van der Waals surface area contributed by atoms with E-state index in [1.807, 2.05) is 0 Å². The molecule has 1 aromatic rings. The number of rotatable bonds is 8. The molecule has 0 radical (unpaired) electrons. The molecule has 0 bridgehead atoms. The lowest BCUT2D eigenvalue weighted by molar-refractivity contribution is 0.303. The van der Waals surface area contributed by atoms with Gasteiger partial charge in [0.05, 0.1) is 0 Å². The topological polar surface area (TPSA) is 15.3 Å². The molecule has 20 heavy (non-hydrogen) atoms. The van der Waals surface area contributed by atoms with Crippen molar-refractivity contribution in [2.75, 3.05) is 13.6 Å². The zero-order valence-electron chi connectivity index (χ0n) is 13.0. The third-order valence-electron chi connectivity index (χ3n) is 3.82. The molecular weight excluding hydrogens is 312 g/mol. The molecule has 1 aliphatic rings. The molecule has 0 unspecified atom stereocenters. The van der Waals surface area contributed by atoms with Crippen LogP contribution in [0.4, 0.5) is 0 Å². The molecule has 1 aromatic carbocycles. The average molecular weight is 339 g/mol. The molecule has 1 fully saturated rings. The van der Waals surface area contributed by atoms with Crippen molar-refractivity contribution >= 4 is 15.9 Å². The van der Waals surface area contributed by atoms with Gasteiger partial charge in [-0.3, -0.25) is 0 Å². The number of halogens is 1. The largest absolute Gasteiger partial charge is 0.310 e. The predicted molar refractivity (Wildman–Crippen MR) is 89.8 cm³/mol. The van der Waals surface area contributed by atoms with Gasteiger partial charge < -0.3 is 10.2 Å². The smallest absolute Gasteiger partial charge is 0.0241 e. The Morgan fingerprint density at radius 3 is 2.70 bits per heavy atom. The normalized spacial score (nSPS) is 15.3. The SMILES string of the molecule is CC(C)CCN(C)Cc1ccc(CNC2CC2)cc1Br. The van der Waals surface area contributed by atoms with Gasteiger partial charge >= 0.3 is 0 Å². The molecule has 0 atom stereocenters. The first-order chi connectivity index (χ1) is 9.54. The minimum absolute atomic E-state index is 0.774. The van der Waals surface area contributed by atoms with Crippen LogP contribution < -0.4 is 5.32 Å². The van der Waals surface area contributed by atoms with E-state index in [0.717, 1.165) is 31.6 Å². The maximum Gasteiger partial charge on any atom is 0.0241 e. The van der Waals surface area contributed by atoms with E-state index in [-0.39, 0.29) is 0 Å². The number of hydrogen-bond acceptors (Lipinski definition) is 2. The van der Waals surface area contributed by atoms with Crippen molar-refractivity contribution in [3.63, 3.8) is 0 Å². The predicted octanol–water partition coefficient (Wildman–Crippen LogP) is 4.18. The Bertz CT molecular complexity index is 427. The Morgan fingerprint density at radius 1 is 1.35 bits per heavy atom. The van der Waals surface area contributed by atoms with Gasteiger partial charge in [-0.25, -0.2) is 0 Å². The summed E-state index contributed by atoms with van der Waals surface area (Å²) >= 11 is 3.72. The summed E-state index contributed by atoms with van der Waals surface area (Å²) in [6, 6.07) is 7.56. The molecule has 1 saturated carbocycles. The number of hydrogen-bond donors (Lipinski definition) is 1. The van der Waals surface area contributed by atoms with E-state index in [1.165, 1.54) is 34.9 Å². The van der Waals surface area contributed by atoms with E-state index < -0.39 is 0 Å². The van der Waals surface area contributed by atoms with Crippen molar-refractivity contribution in [2.24, 2.45) is 5.92 Å². The van der Waals surface area contributed by atoms with Crippen LogP contribution in [0, 0.1) is 5.92 Å². The molecular formula is C17H27BrN2. The highest BCUT2D eigenvalue weighted by Crippen LogP contribution is 2.22. The van der Waals surface area contributed by atoms with E-state index in [9.17, 15) is 0 Å². The van der Waals surface area contributed by atoms with E-state index in [4.69, 9.17) is 0 Å². The van der Waals surface area contributed by atoms with Gasteiger partial charge in [-0.2, -0.15) is 0 Å². The molecule has 1 aliphatic carbocycles. The first-order valence-corrected chi connectivity index (χ1v) is 8.53. The summed E-state index contributed by atoms with van der Waals surface area (Å²) in [7, 11) is 2.21. The summed E-state index contributed by atoms with van der Waals surface area (Å²) in [6.07, 6.45) is 3.96. The van der Waals surface area contributed by atoms with Crippen LogP contribution in [0.15, 0.2) is 22.7 Å². The monoisotopic (exact) mass is 338 g/mol. The van der Waals surface area contributed by atoms with Crippen LogP contribution in [0.2, 0.25) is 0 Å². The van der Waals surface area contributed by atoms with Gasteiger partial charge in [0.15, 0.2) is 0 Å². The first-order valence-electron chi connectivity index (χ1n) is 7.74. The van der Waals surface area contributed by atoms with E-state index >= 15 is 0 Å². The summed E-state index contributed by atoms with van der Waals surface area (Å²) < 4.78 is 1.24. The summed E-state index contributed by atoms with van der Waals surface area (Å²) in [5.41, 5.74) is 2.75. The minimum Gasteiger partial charge on any atom is -0.310 e. The van der Waals surface area contributed by atoms with Crippen molar-refractivity contribution in [3.05, 3.63) is 33.8 Å². The summed E-state index contributed by atoms with van der Waals surface area (Å²) in [6.45, 7) is 7.74. The Hall–Kier alpha value is -0.380. The lowest BCUT2D eigenvalue weighted by Gasteiger charge is -2.19. The Kier molecular flexibility index (Phi) is 6.06. The molecule has 0 heterocycles. The standard InChI is InChI=1S/C17H27BrN2/c1-13(2)8-9-20(3)12-15-5-4-14(10-17(15)18)11-19-16-6-7-16/h4-5,10,13,16,19H,6-9,11-12H2,1-3H3. The van der Waals surface area contributed by atoms with Crippen molar-refractivity contribution in [1.29, 1.82) is 0 Å². The molecule has 0 saturated heterocycles. The fourth-order valence-corrected chi connectivity index (χ4v) is 2.78. The van der Waals surface area contributed by atoms with Crippen molar-refractivity contribution in [3.8, 4) is 0 Å². The quantitative estimate of drug-likeness (QED) is 0.764. The van der Waals surface area contributed by atoms with Gasteiger partial charge in [-0.1, -0.05) is 41.9 Å². The number of benzene rings is 1. The maximum absolute atomic E-state index is 3.72. The lowest BCUT2D eigenvalue weighted by Crippen LogP contribution is -2.20. The Balaban J connectivity index is 1.84. The van der Waals surface area contributed by atoms with Crippen molar-refractivity contribution in [1.82, 2.24) is 10.2 Å². The zero-order valence-corrected chi connectivity index (χ0v) is 14.5. The second-order valence-corrected chi connectivity index (χ2v) is 7.36. The molecule has 112 valence electrons. The summed E-state index contributed by atoms with van der Waals surface area (Å²) in [5, 5.41) is 3.56. The van der Waals surface area contributed by atoms with Gasteiger partial charge in [0, 0.05) is 23.6 Å². The highest BCUT2D eigenvalue weighted by Gasteiger charge is 2.19. The van der Waals surface area contributed by atoms with Crippen LogP contribution in [0.5, 0.6) is 0 Å². The third kappa shape index (κ3) is 5.55. The van der Waals surface area contributed by atoms with Crippen LogP contribution in [0.1, 0.15) is 44.2 Å². The number of nitrogens with zero attached hydrogens (tertiary/aromatic N) is 1. The second-order valence-electron chi connectivity index (χ2n) is 6.50. The van der Waals surface area contributed by atoms with E-state index in [0.29, 0.717) is 0 Å². The fourth-order valence-electron chi connectivity index (χ4n) is 2.23. The third-order valence-corrected chi connectivity index (χ3v) is 4.56. The molecule has 1 N–H and O–H groups in total. The molecule has 0 aliphatic heterocycles. The van der Waals surface area contributed by atoms with Gasteiger partial charge in [0.1, 0.15) is 0 Å². The van der Waals surface area contributed by atoms with Crippen LogP contribution in [-0.4, -0.2) is 24.5 Å². The van der Waals surface area contributed by atoms with Crippen LogP contribution in [0.3, 0.4) is 0 Å². The van der Waals surface area contributed by atoms with Gasteiger partial charge in [0.25, 0.3) is 0 Å². The van der Waals surface area contributed by atoms with Crippen LogP contribution in [-0.2, 0) is 13.1 Å². The van der Waals surface area contributed by atoms with Gasteiger partial charge in [-0.05, 0) is 56.0 Å². The Morgan fingerprint density at radius 2 is 2.10 bits per heavy atom. The first kappa shape index (κ1) is 16.0. The summed E-state index contributed by atoms with van der Waals surface area (Å²) in [4.78, 5) is 2.40. The summed E-state index contributed by atoms with van der Waals surface area (Å²) in [5.74, 6) is 0.775. The fraction of sp³-hybridized carbons (Fsp3) is 0.647. The average Bonchev–Trinajstić information content (AvgIpc) is 3.21. The van der Waals surface area contributed by atoms with E-state index in [1.54, 1.807) is 0 Å². The van der Waals surface area contributed by atoms with Crippen molar-refractivity contribution in [2.45, 2.75) is 52.2 Å². The Labute approximate surface area is 132 Å². The van der Waals surface area contributed by atoms with Crippen molar-refractivity contribution < 1.29 is 0 Å². The van der Waals surface area contributed by atoms with Crippen LogP contribution in [0.25, 0.3) is 0 Å². The minimum atomic E-state index is 0.774. The number of nitrogens with one attached hydrogen (secondary N) is 1. The molecule has 0 spiro atoms. The highest BCUT2D eigenvalue weighted by molar-refractivity contribution is 9.10. The molecule has 2 nitrogen and oxygen atoms in total. The zero-order chi connectivity index (χ0) is 14.5. The molecule has 2 rings (SSSR count). The van der Waals surface area contributed by atoms with Gasteiger partial charge in [-0.15, -0.1) is 0 Å². The highest BCUT2D eigenvalue weighted by atomic mass is 79.9. The molecule has 0 amide bonds. The molecule has 3 heteroatoms. The lowest BCUT2D eigenvalue weighted by atomic mass is 10.1. The second kappa shape index (κ2) is 7.58. The molecule has 0 aromatic heterocycles. The van der Waals surface area contributed by atoms with Gasteiger partial charge in [0.2, 0.25) is 0 Å². The van der Waals surface area contributed by atoms with Crippen LogP contribution >= 0.6 is 15.9 Å². The van der Waals surface area contributed by atoms with E-state index in [2.05, 4.69) is 65.2 Å².